The maximum atomic E-state index is 11.4. The van der Waals surface area contributed by atoms with Crippen molar-refractivity contribution in [3.63, 3.8) is 0 Å². The van der Waals surface area contributed by atoms with Crippen LogP contribution in [0.25, 0.3) is 0 Å². The Morgan fingerprint density at radius 2 is 1.47 bits per heavy atom. The lowest BCUT2D eigenvalue weighted by atomic mass is 10.1. The molecule has 0 atom stereocenters. The van der Waals surface area contributed by atoms with E-state index in [0.29, 0.717) is 6.42 Å². The number of carbonyl (C=O) groups is 3. The van der Waals surface area contributed by atoms with Gasteiger partial charge in [0.15, 0.2) is 0 Å². The maximum absolute atomic E-state index is 11.4. The van der Waals surface area contributed by atoms with Crippen LogP contribution in [0.4, 0.5) is 0 Å². The number of carboxylic acid groups (broad SMARTS) is 1. The fourth-order valence-electron chi connectivity index (χ4n) is 1.39. The molecule has 102 valence electrons. The molecule has 6 nitrogen and oxygen atoms in total. The lowest BCUT2D eigenvalue weighted by Crippen LogP contribution is -2.41. The summed E-state index contributed by atoms with van der Waals surface area (Å²) in [4.78, 5) is 32.8. The highest BCUT2D eigenvalue weighted by Crippen LogP contribution is 2.01. The number of amides is 2. The highest BCUT2D eigenvalue weighted by Gasteiger charge is 2.07. The molecule has 2 amide bonds. The number of benzene rings is 1. The molecule has 0 spiro atoms. The smallest absolute Gasteiger partial charge is 0.303 e. The van der Waals surface area contributed by atoms with Gasteiger partial charge in [-0.1, -0.05) is 30.3 Å². The molecule has 0 aliphatic carbocycles. The van der Waals surface area contributed by atoms with Gasteiger partial charge in [-0.05, 0) is 12.0 Å². The number of hydrogen-bond donors (Lipinski definition) is 3. The van der Waals surface area contributed by atoms with E-state index in [9.17, 15) is 14.4 Å². The topological polar surface area (TPSA) is 95.5 Å². The highest BCUT2D eigenvalue weighted by molar-refractivity contribution is 5.84. The van der Waals surface area contributed by atoms with E-state index < -0.39 is 11.9 Å². The molecule has 0 saturated carbocycles. The van der Waals surface area contributed by atoms with Crippen LogP contribution in [0.15, 0.2) is 30.3 Å². The lowest BCUT2D eigenvalue weighted by Gasteiger charge is -2.06. The van der Waals surface area contributed by atoms with E-state index in [-0.39, 0.29) is 25.2 Å². The summed E-state index contributed by atoms with van der Waals surface area (Å²) in [6, 6.07) is 9.51. The average molecular weight is 264 g/mol. The Balaban J connectivity index is 2.17. The second kappa shape index (κ2) is 7.86. The molecule has 0 bridgehead atoms. The van der Waals surface area contributed by atoms with Crippen LogP contribution in [-0.4, -0.2) is 22.9 Å². The Kier molecular flexibility index (Phi) is 6.08. The van der Waals surface area contributed by atoms with Crippen molar-refractivity contribution in [2.75, 3.05) is 0 Å². The van der Waals surface area contributed by atoms with Gasteiger partial charge in [-0.15, -0.1) is 0 Å². The molecule has 0 fully saturated rings. The molecule has 0 aromatic heterocycles. The van der Waals surface area contributed by atoms with Gasteiger partial charge in [0.2, 0.25) is 11.8 Å². The van der Waals surface area contributed by atoms with Crippen molar-refractivity contribution in [3.05, 3.63) is 35.9 Å². The van der Waals surface area contributed by atoms with Crippen molar-refractivity contribution in [2.45, 2.75) is 25.7 Å². The van der Waals surface area contributed by atoms with Crippen LogP contribution in [0, 0.1) is 0 Å². The van der Waals surface area contributed by atoms with E-state index in [2.05, 4.69) is 10.9 Å². The Hall–Kier alpha value is -2.37. The van der Waals surface area contributed by atoms with Crippen LogP contribution < -0.4 is 10.9 Å². The first-order chi connectivity index (χ1) is 9.08. The van der Waals surface area contributed by atoms with Gasteiger partial charge < -0.3 is 5.11 Å². The van der Waals surface area contributed by atoms with Gasteiger partial charge in [-0.3, -0.25) is 25.2 Å². The monoisotopic (exact) mass is 264 g/mol. The molecule has 0 unspecified atom stereocenters. The molecule has 0 saturated heterocycles. The normalized spacial score (nSPS) is 9.68. The van der Waals surface area contributed by atoms with E-state index in [1.165, 1.54) is 0 Å². The zero-order valence-electron chi connectivity index (χ0n) is 10.4. The Labute approximate surface area is 110 Å². The number of rotatable bonds is 6. The van der Waals surface area contributed by atoms with Crippen LogP contribution in [0.2, 0.25) is 0 Å². The van der Waals surface area contributed by atoms with Crippen molar-refractivity contribution in [3.8, 4) is 0 Å². The van der Waals surface area contributed by atoms with Crippen LogP contribution in [-0.2, 0) is 20.8 Å². The minimum absolute atomic E-state index is 0.158. The van der Waals surface area contributed by atoms with E-state index >= 15 is 0 Å². The average Bonchev–Trinajstić information content (AvgIpc) is 2.41. The van der Waals surface area contributed by atoms with Gasteiger partial charge in [-0.25, -0.2) is 0 Å². The molecule has 0 aliphatic rings. The van der Waals surface area contributed by atoms with Gasteiger partial charge in [-0.2, -0.15) is 0 Å². The van der Waals surface area contributed by atoms with Gasteiger partial charge in [0.05, 0.1) is 6.42 Å². The van der Waals surface area contributed by atoms with Gasteiger partial charge in [0, 0.05) is 12.8 Å². The summed E-state index contributed by atoms with van der Waals surface area (Å²) < 4.78 is 0. The largest absolute Gasteiger partial charge is 0.481 e. The summed E-state index contributed by atoms with van der Waals surface area (Å²) in [5.74, 6) is -1.88. The second-order valence-electron chi connectivity index (χ2n) is 3.98. The number of aliphatic carboxylic acids is 1. The molecular formula is C13H16N2O4. The predicted octanol–water partition coefficient (Wildman–Crippen LogP) is 0.631. The minimum Gasteiger partial charge on any atom is -0.481 e. The number of nitrogens with one attached hydrogen (secondary N) is 2. The van der Waals surface area contributed by atoms with Crippen molar-refractivity contribution >= 4 is 17.8 Å². The summed E-state index contributed by atoms with van der Waals surface area (Å²) in [6.45, 7) is 0. The molecule has 0 radical (unpaired) electrons. The van der Waals surface area contributed by atoms with E-state index in [0.717, 1.165) is 5.56 Å². The lowest BCUT2D eigenvalue weighted by molar-refractivity contribution is -0.139. The third-order valence-electron chi connectivity index (χ3n) is 2.39. The molecule has 1 rings (SSSR count). The first-order valence-electron chi connectivity index (χ1n) is 5.91. The zero-order chi connectivity index (χ0) is 14.1. The molecular weight excluding hydrogens is 248 g/mol. The number of aryl methyl sites for hydroxylation is 1. The quantitative estimate of drug-likeness (QED) is 0.657. The molecule has 19 heavy (non-hydrogen) atoms. The molecule has 1 aromatic rings. The van der Waals surface area contributed by atoms with Crippen molar-refractivity contribution in [1.29, 1.82) is 0 Å². The van der Waals surface area contributed by atoms with Crippen LogP contribution in [0.1, 0.15) is 24.8 Å². The van der Waals surface area contributed by atoms with Gasteiger partial charge in [0.25, 0.3) is 0 Å². The Morgan fingerprint density at radius 1 is 0.895 bits per heavy atom. The zero-order valence-corrected chi connectivity index (χ0v) is 10.4. The summed E-state index contributed by atoms with van der Waals surface area (Å²) in [5.41, 5.74) is 5.45. The first-order valence-corrected chi connectivity index (χ1v) is 5.91. The van der Waals surface area contributed by atoms with Gasteiger partial charge >= 0.3 is 5.97 Å². The third-order valence-corrected chi connectivity index (χ3v) is 2.39. The van der Waals surface area contributed by atoms with Crippen LogP contribution >= 0.6 is 0 Å². The molecule has 0 aliphatic heterocycles. The molecule has 0 heterocycles. The summed E-state index contributed by atoms with van der Waals surface area (Å²) in [7, 11) is 0. The summed E-state index contributed by atoms with van der Waals surface area (Å²) in [6.07, 6.45) is 0.418. The minimum atomic E-state index is -1.05. The summed E-state index contributed by atoms with van der Waals surface area (Å²) in [5, 5.41) is 8.38. The number of hydrazine groups is 1. The SMILES string of the molecule is O=C(O)CCC(=O)NNC(=O)CCc1ccccc1. The van der Waals surface area contributed by atoms with Crippen LogP contribution in [0.5, 0.6) is 0 Å². The number of hydrogen-bond acceptors (Lipinski definition) is 3. The van der Waals surface area contributed by atoms with Crippen LogP contribution in [0.3, 0.4) is 0 Å². The number of carbonyl (C=O) groups excluding carboxylic acids is 2. The molecule has 3 N–H and O–H groups in total. The van der Waals surface area contributed by atoms with E-state index in [1.807, 2.05) is 30.3 Å². The van der Waals surface area contributed by atoms with Crippen molar-refractivity contribution < 1.29 is 19.5 Å². The number of carboxylic acids is 1. The molecule has 1 aromatic carbocycles. The van der Waals surface area contributed by atoms with E-state index in [4.69, 9.17) is 5.11 Å². The fourth-order valence-corrected chi connectivity index (χ4v) is 1.39. The van der Waals surface area contributed by atoms with Crippen molar-refractivity contribution in [1.82, 2.24) is 10.9 Å². The van der Waals surface area contributed by atoms with E-state index in [1.54, 1.807) is 0 Å². The highest BCUT2D eigenvalue weighted by atomic mass is 16.4. The van der Waals surface area contributed by atoms with Gasteiger partial charge in [0.1, 0.15) is 0 Å². The first kappa shape index (κ1) is 14.7. The Morgan fingerprint density at radius 3 is 2.05 bits per heavy atom. The van der Waals surface area contributed by atoms with Crippen molar-refractivity contribution in [2.24, 2.45) is 0 Å². The molecule has 6 heteroatoms. The maximum Gasteiger partial charge on any atom is 0.303 e. The Bertz CT molecular complexity index is 445. The predicted molar refractivity (Wildman–Crippen MR) is 67.9 cm³/mol. The standard InChI is InChI=1S/C13H16N2O4/c16-11(7-6-10-4-2-1-3-5-10)14-15-12(17)8-9-13(18)19/h1-5H,6-9H2,(H,14,16)(H,15,17)(H,18,19). The second-order valence-corrected chi connectivity index (χ2v) is 3.98. The third kappa shape index (κ3) is 6.82. The summed E-state index contributed by atoms with van der Waals surface area (Å²) >= 11 is 0. The fraction of sp³-hybridized carbons (Fsp3) is 0.308.